The molecular weight excluding hydrogens is 270 g/mol. The number of hydrogen-bond acceptors (Lipinski definition) is 1. The van der Waals surface area contributed by atoms with Crippen molar-refractivity contribution in [2.24, 2.45) is 11.8 Å². The van der Waals surface area contributed by atoms with Gasteiger partial charge in [-0.05, 0) is 31.7 Å². The molecule has 0 aromatic heterocycles. The highest BCUT2D eigenvalue weighted by atomic mass is 19.3. The van der Waals surface area contributed by atoms with E-state index in [2.05, 4.69) is 5.32 Å². The van der Waals surface area contributed by atoms with E-state index < -0.39 is 11.8 Å². The minimum absolute atomic E-state index is 0.0906. The monoisotopic (exact) mass is 297 g/mol. The van der Waals surface area contributed by atoms with Gasteiger partial charge in [0.2, 0.25) is 11.8 Å². The molecule has 3 atom stereocenters. The van der Waals surface area contributed by atoms with Crippen LogP contribution in [-0.2, 0) is 0 Å². The van der Waals surface area contributed by atoms with Crippen molar-refractivity contribution in [1.29, 1.82) is 0 Å². The molecule has 0 saturated heterocycles. The van der Waals surface area contributed by atoms with Crippen molar-refractivity contribution in [2.45, 2.75) is 76.7 Å². The van der Waals surface area contributed by atoms with E-state index in [0.717, 1.165) is 6.42 Å². The fourth-order valence-corrected chi connectivity index (χ4v) is 3.31. The van der Waals surface area contributed by atoms with Gasteiger partial charge in [0.25, 0.3) is 0 Å². The molecule has 0 aromatic rings. The second-order valence-corrected chi connectivity index (χ2v) is 6.30. The third kappa shape index (κ3) is 5.23. The SMILES string of the molecule is CCCCC(F)(F)CC(C)C1CCC(F)(F)CC1NC. The van der Waals surface area contributed by atoms with Crippen molar-refractivity contribution in [3.63, 3.8) is 0 Å². The Labute approximate surface area is 119 Å². The minimum Gasteiger partial charge on any atom is -0.316 e. The van der Waals surface area contributed by atoms with Crippen molar-refractivity contribution >= 4 is 0 Å². The standard InChI is InChI=1S/C15H27F4N/c1-4-5-7-14(16,17)9-11(2)12-6-8-15(18,19)10-13(12)20-3/h11-13,20H,4-10H2,1-3H3. The molecule has 1 saturated carbocycles. The van der Waals surface area contributed by atoms with Crippen LogP contribution < -0.4 is 5.32 Å². The number of nitrogens with one attached hydrogen (secondary N) is 1. The molecule has 1 nitrogen and oxygen atoms in total. The summed E-state index contributed by atoms with van der Waals surface area (Å²) >= 11 is 0. The molecule has 20 heavy (non-hydrogen) atoms. The summed E-state index contributed by atoms with van der Waals surface area (Å²) in [6.07, 6.45) is 0.877. The van der Waals surface area contributed by atoms with E-state index in [1.165, 1.54) is 0 Å². The molecule has 1 rings (SSSR count). The predicted molar refractivity (Wildman–Crippen MR) is 73.4 cm³/mol. The first-order chi connectivity index (χ1) is 9.21. The van der Waals surface area contributed by atoms with E-state index >= 15 is 0 Å². The van der Waals surface area contributed by atoms with Gasteiger partial charge in [0.05, 0.1) is 0 Å². The molecule has 120 valence electrons. The molecule has 0 aliphatic heterocycles. The zero-order valence-corrected chi connectivity index (χ0v) is 12.7. The lowest BCUT2D eigenvalue weighted by atomic mass is 9.73. The van der Waals surface area contributed by atoms with Crippen molar-refractivity contribution < 1.29 is 17.6 Å². The minimum atomic E-state index is -2.67. The Morgan fingerprint density at radius 1 is 1.35 bits per heavy atom. The highest BCUT2D eigenvalue weighted by Gasteiger charge is 2.44. The van der Waals surface area contributed by atoms with Gasteiger partial charge in [0, 0.05) is 31.7 Å². The van der Waals surface area contributed by atoms with Gasteiger partial charge in [0.1, 0.15) is 0 Å². The van der Waals surface area contributed by atoms with Crippen LogP contribution >= 0.6 is 0 Å². The third-order valence-electron chi connectivity index (χ3n) is 4.50. The smallest absolute Gasteiger partial charge is 0.249 e. The summed E-state index contributed by atoms with van der Waals surface area (Å²) in [6, 6.07) is -0.365. The van der Waals surface area contributed by atoms with Crippen molar-refractivity contribution in [1.82, 2.24) is 5.32 Å². The second kappa shape index (κ2) is 7.10. The summed E-state index contributed by atoms with van der Waals surface area (Å²) in [5, 5.41) is 2.89. The highest BCUT2D eigenvalue weighted by molar-refractivity contribution is 4.91. The summed E-state index contributed by atoms with van der Waals surface area (Å²) in [5.74, 6) is -5.66. The summed E-state index contributed by atoms with van der Waals surface area (Å²) in [4.78, 5) is 0. The summed E-state index contributed by atoms with van der Waals surface area (Å²) in [6.45, 7) is 3.66. The molecule has 3 unspecified atom stereocenters. The van der Waals surface area contributed by atoms with Gasteiger partial charge >= 0.3 is 0 Å². The zero-order valence-electron chi connectivity index (χ0n) is 12.7. The van der Waals surface area contributed by atoms with Gasteiger partial charge in [-0.15, -0.1) is 0 Å². The molecular formula is C15H27F4N. The van der Waals surface area contributed by atoms with E-state index in [1.807, 2.05) is 6.92 Å². The quantitative estimate of drug-likeness (QED) is 0.662. The predicted octanol–water partition coefficient (Wildman–Crippen LogP) is 4.86. The van der Waals surface area contributed by atoms with Crippen LogP contribution in [0.4, 0.5) is 17.6 Å². The first-order valence-electron chi connectivity index (χ1n) is 7.63. The van der Waals surface area contributed by atoms with Crippen LogP contribution in [0.25, 0.3) is 0 Å². The largest absolute Gasteiger partial charge is 0.316 e. The molecule has 0 amide bonds. The van der Waals surface area contributed by atoms with Crippen molar-refractivity contribution in [3.8, 4) is 0 Å². The van der Waals surface area contributed by atoms with Crippen molar-refractivity contribution in [3.05, 3.63) is 0 Å². The number of rotatable bonds is 7. The van der Waals surface area contributed by atoms with Gasteiger partial charge in [-0.2, -0.15) is 0 Å². The first kappa shape index (κ1) is 17.7. The zero-order chi connectivity index (χ0) is 15.4. The normalized spacial score (nSPS) is 28.4. The van der Waals surface area contributed by atoms with Gasteiger partial charge in [-0.25, -0.2) is 17.6 Å². The van der Waals surface area contributed by atoms with Crippen molar-refractivity contribution in [2.75, 3.05) is 7.05 Å². The van der Waals surface area contributed by atoms with Gasteiger partial charge in [-0.3, -0.25) is 0 Å². The lowest BCUT2D eigenvalue weighted by Crippen LogP contribution is -2.46. The Bertz CT molecular complexity index is 294. The molecule has 0 bridgehead atoms. The van der Waals surface area contributed by atoms with E-state index in [-0.39, 0.29) is 43.6 Å². The fraction of sp³-hybridized carbons (Fsp3) is 1.00. The number of alkyl halides is 4. The van der Waals surface area contributed by atoms with Crippen LogP contribution in [0.2, 0.25) is 0 Å². The maximum atomic E-state index is 13.8. The van der Waals surface area contributed by atoms with Crippen LogP contribution in [0.1, 0.15) is 58.8 Å². The Morgan fingerprint density at radius 2 is 2.00 bits per heavy atom. The van der Waals surface area contributed by atoms with Gasteiger partial charge in [-0.1, -0.05) is 20.3 Å². The lowest BCUT2D eigenvalue weighted by molar-refractivity contribution is -0.0790. The average molecular weight is 297 g/mol. The third-order valence-corrected chi connectivity index (χ3v) is 4.50. The average Bonchev–Trinajstić information content (AvgIpc) is 2.34. The Hall–Kier alpha value is -0.320. The maximum Gasteiger partial charge on any atom is 0.249 e. The Morgan fingerprint density at radius 3 is 2.55 bits per heavy atom. The van der Waals surface area contributed by atoms with Crippen LogP contribution in [-0.4, -0.2) is 24.9 Å². The van der Waals surface area contributed by atoms with Crippen LogP contribution in [0, 0.1) is 11.8 Å². The van der Waals surface area contributed by atoms with Gasteiger partial charge < -0.3 is 5.32 Å². The Balaban J connectivity index is 2.59. The Kier molecular flexibility index (Phi) is 6.29. The van der Waals surface area contributed by atoms with E-state index in [0.29, 0.717) is 12.8 Å². The molecule has 0 aromatic carbocycles. The van der Waals surface area contributed by atoms with E-state index in [4.69, 9.17) is 0 Å². The number of unbranched alkanes of at least 4 members (excludes halogenated alkanes) is 1. The number of halogens is 4. The molecule has 0 spiro atoms. The first-order valence-corrected chi connectivity index (χ1v) is 7.63. The molecule has 1 aliphatic carbocycles. The summed E-state index contributed by atoms with van der Waals surface area (Å²) in [7, 11) is 1.64. The fourth-order valence-electron chi connectivity index (χ4n) is 3.31. The topological polar surface area (TPSA) is 12.0 Å². The number of hydrogen-bond donors (Lipinski definition) is 1. The van der Waals surface area contributed by atoms with Crippen LogP contribution in [0.5, 0.6) is 0 Å². The van der Waals surface area contributed by atoms with Gasteiger partial charge in [0.15, 0.2) is 0 Å². The highest BCUT2D eigenvalue weighted by Crippen LogP contribution is 2.42. The molecule has 0 radical (unpaired) electrons. The molecule has 1 aliphatic rings. The molecule has 1 N–H and O–H groups in total. The molecule has 5 heteroatoms. The summed E-state index contributed by atoms with van der Waals surface area (Å²) in [5.41, 5.74) is 0. The molecule has 0 heterocycles. The second-order valence-electron chi connectivity index (χ2n) is 6.30. The van der Waals surface area contributed by atoms with Crippen LogP contribution in [0.15, 0.2) is 0 Å². The maximum absolute atomic E-state index is 13.8. The molecule has 1 fully saturated rings. The lowest BCUT2D eigenvalue weighted by Gasteiger charge is -2.40. The van der Waals surface area contributed by atoms with E-state index in [1.54, 1.807) is 14.0 Å². The van der Waals surface area contributed by atoms with Crippen LogP contribution in [0.3, 0.4) is 0 Å². The van der Waals surface area contributed by atoms with E-state index in [9.17, 15) is 17.6 Å². The summed E-state index contributed by atoms with van der Waals surface area (Å²) < 4.78 is 54.5.